The van der Waals surface area contributed by atoms with Crippen molar-refractivity contribution >= 4 is 35.0 Å². The maximum absolute atomic E-state index is 13.4. The highest BCUT2D eigenvalue weighted by molar-refractivity contribution is 7.99. The first-order valence-corrected chi connectivity index (χ1v) is 9.62. The molecule has 2 rings (SSSR count). The first kappa shape index (κ1) is 23.3. The minimum Gasteiger partial charge on any atom is -0.370 e. The number of rotatable bonds is 11. The van der Waals surface area contributed by atoms with Crippen molar-refractivity contribution < 1.29 is 32.6 Å². The summed E-state index contributed by atoms with van der Waals surface area (Å²) >= 11 is 1.16. The van der Waals surface area contributed by atoms with Crippen LogP contribution in [-0.4, -0.2) is 38.8 Å². The van der Waals surface area contributed by atoms with E-state index in [4.69, 9.17) is 5.73 Å². The van der Waals surface area contributed by atoms with Crippen LogP contribution in [0.5, 0.6) is 0 Å². The van der Waals surface area contributed by atoms with Gasteiger partial charge in [0.2, 0.25) is 5.91 Å². The molecule has 30 heavy (non-hydrogen) atoms. The topological polar surface area (TPSA) is 144 Å². The van der Waals surface area contributed by atoms with Gasteiger partial charge in [-0.25, -0.2) is 22.8 Å². The van der Waals surface area contributed by atoms with Gasteiger partial charge in [-0.05, 0) is 34.9 Å². The number of thioether (sulfide) groups is 1. The van der Waals surface area contributed by atoms with E-state index < -0.39 is 23.7 Å². The Morgan fingerprint density at radius 1 is 1.27 bits per heavy atom. The Bertz CT molecular complexity index is 923. The Morgan fingerprint density at radius 2 is 2.03 bits per heavy atom. The number of hydrogen-bond acceptors (Lipinski definition) is 8. The molecule has 0 atom stereocenters. The minimum atomic E-state index is -3.03. The molecule has 0 aliphatic carbocycles. The molecule has 9 nitrogen and oxygen atoms in total. The zero-order valence-electron chi connectivity index (χ0n) is 15.5. The van der Waals surface area contributed by atoms with E-state index in [0.29, 0.717) is 12.2 Å². The monoisotopic (exact) mass is 445 g/mol. The van der Waals surface area contributed by atoms with Crippen molar-refractivity contribution in [2.45, 2.75) is 37.1 Å². The number of amides is 1. The van der Waals surface area contributed by atoms with Crippen molar-refractivity contribution in [3.05, 3.63) is 35.3 Å². The first-order valence-electron chi connectivity index (χ1n) is 8.64. The van der Waals surface area contributed by atoms with Crippen LogP contribution in [-0.2, 0) is 9.59 Å². The highest BCUT2D eigenvalue weighted by Gasteiger charge is 2.19. The predicted molar refractivity (Wildman–Crippen MR) is 100 cm³/mol. The molecule has 0 aliphatic rings. The molecule has 13 heteroatoms. The second-order valence-corrected chi connectivity index (χ2v) is 7.04. The second kappa shape index (κ2) is 11.3. The molecule has 1 heterocycles. The molecule has 0 saturated carbocycles. The van der Waals surface area contributed by atoms with Gasteiger partial charge in [-0.1, -0.05) is 0 Å². The van der Waals surface area contributed by atoms with Gasteiger partial charge in [0.25, 0.3) is 6.43 Å². The summed E-state index contributed by atoms with van der Waals surface area (Å²) in [5.74, 6) is -1.52. The molecular weight excluding hydrogens is 427 g/mol. The van der Waals surface area contributed by atoms with E-state index in [-0.39, 0.29) is 47.3 Å². The summed E-state index contributed by atoms with van der Waals surface area (Å²) in [6.07, 6.45) is -2.23. The Balaban J connectivity index is 2.03. The fourth-order valence-electron chi connectivity index (χ4n) is 2.27. The van der Waals surface area contributed by atoms with Crippen LogP contribution < -0.4 is 11.2 Å². The number of halogens is 3. The summed E-state index contributed by atoms with van der Waals surface area (Å²) < 4.78 is 43.7. The van der Waals surface area contributed by atoms with Crippen LogP contribution in [0, 0.1) is 5.82 Å². The van der Waals surface area contributed by atoms with Crippen molar-refractivity contribution in [1.29, 1.82) is 0 Å². The number of ketones is 1. The molecule has 1 aromatic carbocycles. The number of carbonyl (C=O) groups is 2. The van der Waals surface area contributed by atoms with Crippen LogP contribution in [0.3, 0.4) is 0 Å². The second-order valence-electron chi connectivity index (χ2n) is 5.95. The standard InChI is InChI=1S/C17H18F3N5O4S/c18-12-5-3-9(8-11(12)15(19)20)22-16(23-28)14-17(25-29-24-14)30-7-1-2-10(26)4-6-13(21)27/h3,5,8,15,28H,1-2,4,6-7H2,(H2,21,27)(H,22,23). The summed E-state index contributed by atoms with van der Waals surface area (Å²) in [6.45, 7) is 0. The number of primary amides is 1. The van der Waals surface area contributed by atoms with Crippen LogP contribution >= 0.6 is 11.8 Å². The molecule has 0 radical (unpaired) electrons. The Kier molecular flexibility index (Phi) is 8.80. The van der Waals surface area contributed by atoms with Crippen molar-refractivity contribution in [2.75, 3.05) is 5.75 Å². The number of Topliss-reactive ketones (excluding diaryl/α,β-unsaturated/α-hetero) is 1. The molecule has 4 N–H and O–H groups in total. The van der Waals surface area contributed by atoms with Gasteiger partial charge in [-0.15, -0.1) is 11.8 Å². The average Bonchev–Trinajstić information content (AvgIpc) is 3.17. The zero-order chi connectivity index (χ0) is 22.1. The molecule has 1 amide bonds. The van der Waals surface area contributed by atoms with E-state index in [1.165, 1.54) is 0 Å². The lowest BCUT2D eigenvalue weighted by Crippen LogP contribution is -2.21. The van der Waals surface area contributed by atoms with Gasteiger partial charge in [0.1, 0.15) is 11.6 Å². The van der Waals surface area contributed by atoms with E-state index in [1.54, 1.807) is 5.48 Å². The summed E-state index contributed by atoms with van der Waals surface area (Å²) in [5, 5.41) is 16.9. The third kappa shape index (κ3) is 6.84. The number of alkyl halides is 2. The Labute approximate surface area is 172 Å². The number of nitrogens with zero attached hydrogens (tertiary/aromatic N) is 3. The number of hydrogen-bond donors (Lipinski definition) is 3. The van der Waals surface area contributed by atoms with Gasteiger partial charge in [-0.3, -0.25) is 20.3 Å². The summed E-state index contributed by atoms with van der Waals surface area (Å²) in [7, 11) is 0. The summed E-state index contributed by atoms with van der Waals surface area (Å²) in [5.41, 5.74) is 5.90. The highest BCUT2D eigenvalue weighted by atomic mass is 32.2. The lowest BCUT2D eigenvalue weighted by molar-refractivity contribution is -0.123. The van der Waals surface area contributed by atoms with Crippen molar-refractivity contribution in [1.82, 2.24) is 15.8 Å². The Morgan fingerprint density at radius 3 is 2.70 bits per heavy atom. The third-order valence-electron chi connectivity index (χ3n) is 3.73. The smallest absolute Gasteiger partial charge is 0.266 e. The minimum absolute atomic E-state index is 0.00197. The molecule has 0 spiro atoms. The molecule has 0 aliphatic heterocycles. The fourth-order valence-corrected chi connectivity index (χ4v) is 3.11. The normalized spacial score (nSPS) is 11.7. The molecule has 0 unspecified atom stereocenters. The predicted octanol–water partition coefficient (Wildman–Crippen LogP) is 2.91. The Hall–Kier alpha value is -2.93. The molecule has 162 valence electrons. The average molecular weight is 445 g/mol. The van der Waals surface area contributed by atoms with Gasteiger partial charge in [0.15, 0.2) is 16.6 Å². The maximum Gasteiger partial charge on any atom is 0.266 e. The van der Waals surface area contributed by atoms with Crippen molar-refractivity contribution in [2.24, 2.45) is 10.7 Å². The highest BCUT2D eigenvalue weighted by Crippen LogP contribution is 2.27. The lowest BCUT2D eigenvalue weighted by Gasteiger charge is -2.05. The van der Waals surface area contributed by atoms with E-state index in [0.717, 1.165) is 30.0 Å². The zero-order valence-corrected chi connectivity index (χ0v) is 16.3. The van der Waals surface area contributed by atoms with Crippen LogP contribution in [0.2, 0.25) is 0 Å². The van der Waals surface area contributed by atoms with Crippen molar-refractivity contribution in [3.63, 3.8) is 0 Å². The van der Waals surface area contributed by atoms with Crippen LogP contribution in [0.4, 0.5) is 18.9 Å². The largest absolute Gasteiger partial charge is 0.370 e. The number of amidine groups is 1. The third-order valence-corrected chi connectivity index (χ3v) is 4.77. The van der Waals surface area contributed by atoms with E-state index >= 15 is 0 Å². The number of aliphatic imine (C=N–C) groups is 1. The quantitative estimate of drug-likeness (QED) is 0.157. The van der Waals surface area contributed by atoms with Gasteiger partial charge in [0.05, 0.1) is 11.3 Å². The molecule has 0 bridgehead atoms. The number of aromatic nitrogens is 2. The van der Waals surface area contributed by atoms with Gasteiger partial charge in [0, 0.05) is 25.0 Å². The number of benzene rings is 1. The number of hydroxylamine groups is 1. The number of carbonyl (C=O) groups excluding carboxylic acids is 2. The molecular formula is C17H18F3N5O4S. The molecule has 1 aromatic heterocycles. The summed E-state index contributed by atoms with van der Waals surface area (Å²) in [6, 6.07) is 2.83. The van der Waals surface area contributed by atoms with Crippen LogP contribution in [0.1, 0.15) is 43.4 Å². The SMILES string of the molecule is NC(=O)CCC(=O)CCCSc1nonc1C(=Nc1ccc(F)c(C(F)F)c1)NO. The maximum atomic E-state index is 13.4. The van der Waals surface area contributed by atoms with Crippen LogP contribution in [0.15, 0.2) is 32.8 Å². The molecule has 2 aromatic rings. The van der Waals surface area contributed by atoms with E-state index in [2.05, 4.69) is 19.9 Å². The molecule has 0 saturated heterocycles. The van der Waals surface area contributed by atoms with Gasteiger partial charge < -0.3 is 5.73 Å². The van der Waals surface area contributed by atoms with Crippen molar-refractivity contribution in [3.8, 4) is 0 Å². The number of nitrogens with two attached hydrogens (primary N) is 1. The van der Waals surface area contributed by atoms with Crippen LogP contribution in [0.25, 0.3) is 0 Å². The summed E-state index contributed by atoms with van der Waals surface area (Å²) in [4.78, 5) is 26.2. The number of nitrogens with one attached hydrogen (secondary N) is 1. The van der Waals surface area contributed by atoms with Gasteiger partial charge in [-0.2, -0.15) is 0 Å². The lowest BCUT2D eigenvalue weighted by atomic mass is 10.1. The van der Waals surface area contributed by atoms with E-state index in [1.807, 2.05) is 0 Å². The molecule has 0 fully saturated rings. The van der Waals surface area contributed by atoms with E-state index in [9.17, 15) is 28.0 Å². The fraction of sp³-hybridized carbons (Fsp3) is 0.353. The van der Waals surface area contributed by atoms with Gasteiger partial charge >= 0.3 is 0 Å². The first-order chi connectivity index (χ1) is 14.3.